The fourth-order valence-corrected chi connectivity index (χ4v) is 3.75. The lowest BCUT2D eigenvalue weighted by Gasteiger charge is -2.07. The van der Waals surface area contributed by atoms with Crippen molar-refractivity contribution < 1.29 is 9.53 Å². The third kappa shape index (κ3) is 5.44. The number of carbonyl (C=O) groups is 1. The highest BCUT2D eigenvalue weighted by Gasteiger charge is 2.06. The average molecular weight is 385 g/mol. The predicted molar refractivity (Wildman–Crippen MR) is 110 cm³/mol. The van der Waals surface area contributed by atoms with Gasteiger partial charge in [-0.1, -0.05) is 6.07 Å². The molecular formula is C21H24N2O3S. The van der Waals surface area contributed by atoms with Gasteiger partial charge in [0.05, 0.1) is 12.6 Å². The second-order valence-electron chi connectivity index (χ2n) is 6.46. The first kappa shape index (κ1) is 19.2. The Balaban J connectivity index is 1.44. The van der Waals surface area contributed by atoms with Gasteiger partial charge < -0.3 is 15.0 Å². The van der Waals surface area contributed by atoms with Crippen LogP contribution in [0.4, 0.5) is 0 Å². The Kier molecular flexibility index (Phi) is 6.65. The molecule has 142 valence electrons. The molecule has 0 fully saturated rings. The van der Waals surface area contributed by atoms with Gasteiger partial charge in [-0.15, -0.1) is 11.3 Å². The zero-order valence-corrected chi connectivity index (χ0v) is 16.2. The number of methoxy groups -OCH3 is 1. The van der Waals surface area contributed by atoms with Crippen molar-refractivity contribution in [1.82, 2.24) is 10.3 Å². The Labute approximate surface area is 162 Å². The number of amides is 1. The van der Waals surface area contributed by atoms with Crippen LogP contribution in [0, 0.1) is 0 Å². The second kappa shape index (κ2) is 9.37. The Morgan fingerprint density at radius 1 is 1.19 bits per heavy atom. The van der Waals surface area contributed by atoms with Crippen LogP contribution in [-0.4, -0.2) is 24.5 Å². The molecule has 0 aliphatic carbocycles. The summed E-state index contributed by atoms with van der Waals surface area (Å²) in [4.78, 5) is 28.4. The maximum Gasteiger partial charge on any atom is 0.251 e. The Bertz CT molecular complexity index is 948. The Hall–Kier alpha value is -2.60. The minimum Gasteiger partial charge on any atom is -0.497 e. The van der Waals surface area contributed by atoms with Crippen molar-refractivity contribution in [3.8, 4) is 5.75 Å². The molecule has 0 saturated heterocycles. The number of aromatic nitrogens is 1. The SMILES string of the molecule is COc1ccc2cc(CCNC(=O)CCCCc3cccs3)c(=O)[nH]c2c1. The van der Waals surface area contributed by atoms with Crippen LogP contribution in [0.5, 0.6) is 5.75 Å². The van der Waals surface area contributed by atoms with E-state index in [-0.39, 0.29) is 11.5 Å². The first-order chi connectivity index (χ1) is 13.2. The van der Waals surface area contributed by atoms with Gasteiger partial charge >= 0.3 is 0 Å². The summed E-state index contributed by atoms with van der Waals surface area (Å²) in [5.74, 6) is 0.750. The molecule has 0 radical (unpaired) electrons. The molecule has 0 bridgehead atoms. The summed E-state index contributed by atoms with van der Waals surface area (Å²) in [7, 11) is 1.60. The number of benzene rings is 1. The monoisotopic (exact) mass is 384 g/mol. The fraction of sp³-hybridized carbons (Fsp3) is 0.333. The molecule has 1 amide bonds. The Morgan fingerprint density at radius 2 is 2.07 bits per heavy atom. The number of H-pyrrole nitrogens is 1. The highest BCUT2D eigenvalue weighted by molar-refractivity contribution is 7.09. The number of carbonyl (C=O) groups excluding carboxylic acids is 1. The summed E-state index contributed by atoms with van der Waals surface area (Å²) in [6.45, 7) is 0.467. The third-order valence-corrected chi connectivity index (χ3v) is 5.44. The number of thiophene rings is 1. The quantitative estimate of drug-likeness (QED) is 0.553. The first-order valence-electron chi connectivity index (χ1n) is 9.15. The standard InChI is InChI=1S/C21H24N2O3S/c1-26-17-9-8-15-13-16(21(25)23-19(15)14-17)10-11-22-20(24)7-3-2-5-18-6-4-12-27-18/h4,6,8-9,12-14H,2-3,5,7,10-11H2,1H3,(H,22,24)(H,23,25). The number of hydrogen-bond acceptors (Lipinski definition) is 4. The molecule has 2 aromatic heterocycles. The molecule has 0 atom stereocenters. The molecule has 2 heterocycles. The minimum atomic E-state index is -0.124. The van der Waals surface area contributed by atoms with Crippen LogP contribution >= 0.6 is 11.3 Å². The van der Waals surface area contributed by atoms with Gasteiger partial charge in [-0.25, -0.2) is 0 Å². The van der Waals surface area contributed by atoms with E-state index in [4.69, 9.17) is 4.74 Å². The van der Waals surface area contributed by atoms with Crippen LogP contribution in [0.15, 0.2) is 46.6 Å². The zero-order chi connectivity index (χ0) is 19.1. The molecule has 0 spiro atoms. The van der Waals surface area contributed by atoms with E-state index in [2.05, 4.69) is 27.8 Å². The summed E-state index contributed by atoms with van der Waals surface area (Å²) in [6, 6.07) is 11.6. The second-order valence-corrected chi connectivity index (χ2v) is 7.50. The van der Waals surface area contributed by atoms with Crippen LogP contribution in [0.2, 0.25) is 0 Å². The van der Waals surface area contributed by atoms with Crippen molar-refractivity contribution in [1.29, 1.82) is 0 Å². The van der Waals surface area contributed by atoms with Crippen molar-refractivity contribution >= 4 is 28.1 Å². The van der Waals surface area contributed by atoms with Gasteiger partial charge in [0.15, 0.2) is 0 Å². The maximum atomic E-state index is 12.2. The zero-order valence-electron chi connectivity index (χ0n) is 15.4. The van der Waals surface area contributed by atoms with E-state index in [1.165, 1.54) is 4.88 Å². The molecule has 3 aromatic rings. The Morgan fingerprint density at radius 3 is 2.85 bits per heavy atom. The molecule has 3 rings (SSSR count). The summed E-state index contributed by atoms with van der Waals surface area (Å²) in [6.07, 6.45) is 3.96. The lowest BCUT2D eigenvalue weighted by atomic mass is 10.1. The molecule has 2 N–H and O–H groups in total. The van der Waals surface area contributed by atoms with Gasteiger partial charge in [-0.05, 0) is 60.7 Å². The number of pyridine rings is 1. The van der Waals surface area contributed by atoms with Crippen LogP contribution < -0.4 is 15.6 Å². The van der Waals surface area contributed by atoms with E-state index >= 15 is 0 Å². The number of rotatable bonds is 9. The first-order valence-corrected chi connectivity index (χ1v) is 10.0. The van der Waals surface area contributed by atoms with E-state index in [9.17, 15) is 9.59 Å². The molecule has 1 aromatic carbocycles. The molecule has 5 nitrogen and oxygen atoms in total. The van der Waals surface area contributed by atoms with Crippen molar-refractivity contribution in [2.45, 2.75) is 32.1 Å². The summed E-state index contributed by atoms with van der Waals surface area (Å²) >= 11 is 1.76. The number of nitrogens with one attached hydrogen (secondary N) is 2. The smallest absolute Gasteiger partial charge is 0.251 e. The molecule has 0 aliphatic heterocycles. The third-order valence-electron chi connectivity index (χ3n) is 4.50. The predicted octanol–water partition coefficient (Wildman–Crippen LogP) is 3.67. The lowest BCUT2D eigenvalue weighted by molar-refractivity contribution is -0.121. The molecule has 0 saturated carbocycles. The molecular weight excluding hydrogens is 360 g/mol. The number of unbranched alkanes of at least 4 members (excludes halogenated alkanes) is 1. The van der Waals surface area contributed by atoms with E-state index in [0.717, 1.165) is 30.2 Å². The molecule has 6 heteroatoms. The van der Waals surface area contributed by atoms with Gasteiger partial charge in [0.25, 0.3) is 5.56 Å². The summed E-state index contributed by atoms with van der Waals surface area (Å²) < 4.78 is 5.18. The van der Waals surface area contributed by atoms with Gasteiger partial charge in [-0.2, -0.15) is 0 Å². The summed E-state index contributed by atoms with van der Waals surface area (Å²) in [5.41, 5.74) is 1.30. The summed E-state index contributed by atoms with van der Waals surface area (Å²) in [5, 5.41) is 5.94. The van der Waals surface area contributed by atoms with Crippen molar-refractivity contribution in [2.75, 3.05) is 13.7 Å². The number of hydrogen-bond donors (Lipinski definition) is 2. The van der Waals surface area contributed by atoms with Gasteiger partial charge in [0.1, 0.15) is 5.75 Å². The topological polar surface area (TPSA) is 71.2 Å². The van der Waals surface area contributed by atoms with Crippen LogP contribution in [-0.2, 0) is 17.6 Å². The van der Waals surface area contributed by atoms with E-state index < -0.39 is 0 Å². The van der Waals surface area contributed by atoms with E-state index in [1.807, 2.05) is 18.2 Å². The van der Waals surface area contributed by atoms with Gasteiger partial charge in [0.2, 0.25) is 5.91 Å². The van der Waals surface area contributed by atoms with Crippen LogP contribution in [0.1, 0.15) is 29.7 Å². The van der Waals surface area contributed by atoms with Crippen molar-refractivity contribution in [2.24, 2.45) is 0 Å². The van der Waals surface area contributed by atoms with E-state index in [0.29, 0.717) is 30.7 Å². The van der Waals surface area contributed by atoms with Crippen LogP contribution in [0.3, 0.4) is 0 Å². The van der Waals surface area contributed by atoms with Crippen molar-refractivity contribution in [3.05, 3.63) is 62.6 Å². The number of aryl methyl sites for hydroxylation is 1. The van der Waals surface area contributed by atoms with Crippen LogP contribution in [0.25, 0.3) is 10.9 Å². The molecule has 27 heavy (non-hydrogen) atoms. The fourth-order valence-electron chi connectivity index (χ4n) is 3.00. The van der Waals surface area contributed by atoms with Gasteiger partial charge in [0, 0.05) is 29.5 Å². The van der Waals surface area contributed by atoms with E-state index in [1.54, 1.807) is 24.5 Å². The lowest BCUT2D eigenvalue weighted by Crippen LogP contribution is -2.27. The molecule has 0 aliphatic rings. The number of aromatic amines is 1. The normalized spacial score (nSPS) is 10.9. The minimum absolute atomic E-state index is 0.0446. The molecule has 0 unspecified atom stereocenters. The maximum absolute atomic E-state index is 12.2. The van der Waals surface area contributed by atoms with Gasteiger partial charge in [-0.3, -0.25) is 9.59 Å². The highest BCUT2D eigenvalue weighted by atomic mass is 32.1. The largest absolute Gasteiger partial charge is 0.497 e. The number of fused-ring (bicyclic) bond motifs is 1. The number of ether oxygens (including phenoxy) is 1. The van der Waals surface area contributed by atoms with Crippen molar-refractivity contribution in [3.63, 3.8) is 0 Å². The average Bonchev–Trinajstić information content (AvgIpc) is 3.18. The highest BCUT2D eigenvalue weighted by Crippen LogP contribution is 2.18.